The molecule has 0 aliphatic heterocycles. The molecule has 1 N–H and O–H groups in total. The van der Waals surface area contributed by atoms with Gasteiger partial charge in [0.25, 0.3) is 0 Å². The first-order valence-corrected chi connectivity index (χ1v) is 7.05. The van der Waals surface area contributed by atoms with Crippen molar-refractivity contribution in [3.8, 4) is 22.5 Å². The van der Waals surface area contributed by atoms with Crippen LogP contribution in [-0.2, 0) is 11.3 Å². The molecule has 3 aromatic rings. The first-order valence-electron chi connectivity index (χ1n) is 7.05. The number of aromatic nitrogens is 2. The van der Waals surface area contributed by atoms with Crippen LogP contribution in [0.1, 0.15) is 5.56 Å². The predicted molar refractivity (Wildman–Crippen MR) is 85.5 cm³/mol. The summed E-state index contributed by atoms with van der Waals surface area (Å²) in [5.41, 5.74) is 4.65. The van der Waals surface area contributed by atoms with E-state index in [-0.39, 0.29) is 6.54 Å². The van der Waals surface area contributed by atoms with Crippen molar-refractivity contribution in [2.24, 2.45) is 0 Å². The van der Waals surface area contributed by atoms with E-state index < -0.39 is 5.97 Å². The second-order valence-corrected chi connectivity index (χ2v) is 5.20. The van der Waals surface area contributed by atoms with Crippen molar-refractivity contribution in [1.29, 1.82) is 0 Å². The maximum atomic E-state index is 11.1. The lowest BCUT2D eigenvalue weighted by molar-refractivity contribution is -0.137. The van der Waals surface area contributed by atoms with Crippen molar-refractivity contribution < 1.29 is 9.90 Å². The molecule has 0 atom stereocenters. The van der Waals surface area contributed by atoms with Gasteiger partial charge in [-0.15, -0.1) is 0 Å². The number of aryl methyl sites for hydroxylation is 1. The van der Waals surface area contributed by atoms with Gasteiger partial charge >= 0.3 is 5.97 Å². The van der Waals surface area contributed by atoms with Crippen LogP contribution in [0.3, 0.4) is 0 Å². The van der Waals surface area contributed by atoms with Crippen molar-refractivity contribution >= 4 is 5.97 Å². The molecule has 0 aliphatic rings. The van der Waals surface area contributed by atoms with E-state index in [2.05, 4.69) is 5.10 Å². The zero-order chi connectivity index (χ0) is 15.5. The summed E-state index contributed by atoms with van der Waals surface area (Å²) in [5.74, 6) is -0.906. The quantitative estimate of drug-likeness (QED) is 0.799. The third kappa shape index (κ3) is 2.91. The lowest BCUT2D eigenvalue weighted by atomic mass is 10.1. The van der Waals surface area contributed by atoms with Crippen molar-refractivity contribution in [3.05, 3.63) is 66.2 Å². The Balaban J connectivity index is 2.11. The molecule has 4 nitrogen and oxygen atoms in total. The molecular formula is C18H16N2O2. The van der Waals surface area contributed by atoms with Gasteiger partial charge in [0.1, 0.15) is 6.54 Å². The smallest absolute Gasteiger partial charge is 0.325 e. The first kappa shape index (κ1) is 14.1. The Hall–Kier alpha value is -2.88. The van der Waals surface area contributed by atoms with Gasteiger partial charge in [-0.2, -0.15) is 5.10 Å². The fraction of sp³-hybridized carbons (Fsp3) is 0.111. The average molecular weight is 292 g/mol. The van der Waals surface area contributed by atoms with Crippen molar-refractivity contribution in [1.82, 2.24) is 9.78 Å². The monoisotopic (exact) mass is 292 g/mol. The summed E-state index contributed by atoms with van der Waals surface area (Å²) in [6.07, 6.45) is 0. The van der Waals surface area contributed by atoms with Gasteiger partial charge in [-0.3, -0.25) is 9.48 Å². The van der Waals surface area contributed by atoms with Gasteiger partial charge in [-0.25, -0.2) is 0 Å². The van der Waals surface area contributed by atoms with Crippen LogP contribution in [0.4, 0.5) is 0 Å². The number of hydrogen-bond donors (Lipinski definition) is 1. The van der Waals surface area contributed by atoms with E-state index in [1.807, 2.05) is 67.6 Å². The summed E-state index contributed by atoms with van der Waals surface area (Å²) in [5, 5.41) is 13.6. The molecule has 22 heavy (non-hydrogen) atoms. The Morgan fingerprint density at radius 2 is 1.77 bits per heavy atom. The summed E-state index contributed by atoms with van der Waals surface area (Å²) in [6, 6.07) is 19.7. The van der Waals surface area contributed by atoms with E-state index in [4.69, 9.17) is 5.11 Å². The third-order valence-electron chi connectivity index (χ3n) is 3.45. The van der Waals surface area contributed by atoms with Crippen LogP contribution >= 0.6 is 0 Å². The van der Waals surface area contributed by atoms with Gasteiger partial charge in [0, 0.05) is 11.1 Å². The van der Waals surface area contributed by atoms with Gasteiger partial charge in [-0.05, 0) is 19.1 Å². The average Bonchev–Trinajstić information content (AvgIpc) is 2.91. The number of rotatable bonds is 4. The highest BCUT2D eigenvalue weighted by Gasteiger charge is 2.13. The highest BCUT2D eigenvalue weighted by molar-refractivity contribution is 5.72. The number of aliphatic carboxylic acids is 1. The third-order valence-corrected chi connectivity index (χ3v) is 3.45. The van der Waals surface area contributed by atoms with Crippen LogP contribution in [0.25, 0.3) is 22.5 Å². The Morgan fingerprint density at radius 1 is 1.05 bits per heavy atom. The fourth-order valence-electron chi connectivity index (χ4n) is 2.45. The number of hydrogen-bond acceptors (Lipinski definition) is 2. The van der Waals surface area contributed by atoms with Crippen LogP contribution < -0.4 is 0 Å². The number of nitrogens with zero attached hydrogens (tertiary/aromatic N) is 2. The molecule has 0 radical (unpaired) electrons. The second kappa shape index (κ2) is 5.85. The molecule has 0 bridgehead atoms. The van der Waals surface area contributed by atoms with Gasteiger partial charge in [0.05, 0.1) is 11.4 Å². The van der Waals surface area contributed by atoms with Crippen molar-refractivity contribution in [2.75, 3.05) is 0 Å². The molecule has 0 unspecified atom stereocenters. The minimum Gasteiger partial charge on any atom is -0.480 e. The maximum absolute atomic E-state index is 11.1. The predicted octanol–water partition coefficient (Wildman–Crippen LogP) is 3.61. The van der Waals surface area contributed by atoms with Gasteiger partial charge in [-0.1, -0.05) is 54.1 Å². The molecule has 3 rings (SSSR count). The van der Waals surface area contributed by atoms with E-state index in [1.165, 1.54) is 0 Å². The lowest BCUT2D eigenvalue weighted by Gasteiger charge is -2.05. The minimum atomic E-state index is -0.906. The summed E-state index contributed by atoms with van der Waals surface area (Å²) in [6.45, 7) is 1.86. The Morgan fingerprint density at radius 3 is 2.45 bits per heavy atom. The maximum Gasteiger partial charge on any atom is 0.325 e. The van der Waals surface area contributed by atoms with Crippen LogP contribution in [0.5, 0.6) is 0 Å². The zero-order valence-corrected chi connectivity index (χ0v) is 12.2. The molecule has 0 aliphatic carbocycles. The van der Waals surface area contributed by atoms with E-state index >= 15 is 0 Å². The molecule has 1 aromatic heterocycles. The molecule has 0 spiro atoms. The van der Waals surface area contributed by atoms with E-state index in [1.54, 1.807) is 4.68 Å². The van der Waals surface area contributed by atoms with Crippen LogP contribution in [0.15, 0.2) is 60.7 Å². The summed E-state index contributed by atoms with van der Waals surface area (Å²) in [7, 11) is 0. The molecular weight excluding hydrogens is 276 g/mol. The molecule has 4 heteroatoms. The zero-order valence-electron chi connectivity index (χ0n) is 12.2. The SMILES string of the molecule is Cc1cccc(-c2cc(-c3ccccc3)nn2CC(=O)O)c1. The first-order chi connectivity index (χ1) is 10.6. The minimum absolute atomic E-state index is 0.157. The molecule has 2 aromatic carbocycles. The number of carbonyl (C=O) groups is 1. The van der Waals surface area contributed by atoms with Gasteiger partial charge in [0.2, 0.25) is 0 Å². The van der Waals surface area contributed by atoms with Gasteiger partial charge in [0.15, 0.2) is 0 Å². The number of carboxylic acids is 1. The largest absolute Gasteiger partial charge is 0.480 e. The molecule has 0 amide bonds. The molecule has 0 saturated carbocycles. The van der Waals surface area contributed by atoms with E-state index in [0.717, 1.165) is 28.1 Å². The molecule has 0 fully saturated rings. The molecule has 1 heterocycles. The summed E-state index contributed by atoms with van der Waals surface area (Å²) < 4.78 is 1.54. The summed E-state index contributed by atoms with van der Waals surface area (Å²) >= 11 is 0. The number of benzene rings is 2. The van der Waals surface area contributed by atoms with E-state index in [9.17, 15) is 4.79 Å². The van der Waals surface area contributed by atoms with Gasteiger partial charge < -0.3 is 5.11 Å². The highest BCUT2D eigenvalue weighted by atomic mass is 16.4. The van der Waals surface area contributed by atoms with E-state index in [0.29, 0.717) is 0 Å². The fourth-order valence-corrected chi connectivity index (χ4v) is 2.45. The second-order valence-electron chi connectivity index (χ2n) is 5.20. The van der Waals surface area contributed by atoms with Crippen molar-refractivity contribution in [2.45, 2.75) is 13.5 Å². The topological polar surface area (TPSA) is 55.1 Å². The Bertz CT molecular complexity index is 807. The number of carboxylic acid groups (broad SMARTS) is 1. The normalized spacial score (nSPS) is 10.6. The van der Waals surface area contributed by atoms with Crippen molar-refractivity contribution in [3.63, 3.8) is 0 Å². The lowest BCUT2D eigenvalue weighted by Crippen LogP contribution is -2.11. The Labute approximate surface area is 128 Å². The summed E-state index contributed by atoms with van der Waals surface area (Å²) in [4.78, 5) is 11.1. The molecule has 110 valence electrons. The molecule has 0 saturated heterocycles. The van der Waals surface area contributed by atoms with Crippen LogP contribution in [0.2, 0.25) is 0 Å². The standard InChI is InChI=1S/C18H16N2O2/c1-13-6-5-9-15(10-13)17-11-16(14-7-3-2-4-8-14)19-20(17)12-18(21)22/h2-11H,12H2,1H3,(H,21,22). The highest BCUT2D eigenvalue weighted by Crippen LogP contribution is 2.26. The van der Waals surface area contributed by atoms with Crippen LogP contribution in [0, 0.1) is 6.92 Å². The van der Waals surface area contributed by atoms with Crippen LogP contribution in [-0.4, -0.2) is 20.9 Å². The Kier molecular flexibility index (Phi) is 3.74.